The van der Waals surface area contributed by atoms with E-state index >= 15 is 0 Å². The molecule has 0 amide bonds. The quantitative estimate of drug-likeness (QED) is 0.287. The number of rotatable bonds is 4. The van der Waals surface area contributed by atoms with E-state index in [1.807, 2.05) is 25.1 Å². The first-order valence-electron chi connectivity index (χ1n) is 7.91. The van der Waals surface area contributed by atoms with Crippen molar-refractivity contribution in [2.24, 2.45) is 5.10 Å². The fraction of sp³-hybridized carbons (Fsp3) is 0.0588. The molecule has 0 spiro atoms. The molecule has 0 aliphatic heterocycles. The molecule has 0 atom stereocenters. The van der Waals surface area contributed by atoms with Gasteiger partial charge < -0.3 is 10.1 Å². The summed E-state index contributed by atoms with van der Waals surface area (Å²) in [6.45, 7) is 1.99. The smallest absolute Gasteiger partial charge is 0.311 e. The summed E-state index contributed by atoms with van der Waals surface area (Å²) < 4.78 is 0. The van der Waals surface area contributed by atoms with Crippen molar-refractivity contribution < 1.29 is 10.0 Å². The molecule has 3 N–H and O–H groups in total. The fourth-order valence-corrected chi connectivity index (χ4v) is 2.69. The minimum Gasteiger partial charge on any atom is -0.502 e. The van der Waals surface area contributed by atoms with Gasteiger partial charge in [0.05, 0.1) is 11.1 Å². The summed E-state index contributed by atoms with van der Waals surface area (Å²) in [5.41, 5.74) is 5.61. The van der Waals surface area contributed by atoms with E-state index in [4.69, 9.17) is 0 Å². The van der Waals surface area contributed by atoms with Crippen LogP contribution in [0.2, 0.25) is 0 Å². The number of aromatic amines is 1. The van der Waals surface area contributed by atoms with Crippen LogP contribution in [0.4, 0.5) is 11.6 Å². The monoisotopic (exact) mass is 363 g/mol. The third-order valence-corrected chi connectivity index (χ3v) is 3.98. The Kier molecular flexibility index (Phi) is 3.84. The van der Waals surface area contributed by atoms with Crippen LogP contribution < -0.4 is 5.43 Å². The molecule has 2 heterocycles. The first-order valence-corrected chi connectivity index (χ1v) is 7.91. The number of nitro benzene ring substituents is 1. The molecule has 27 heavy (non-hydrogen) atoms. The van der Waals surface area contributed by atoms with Crippen molar-refractivity contribution in [1.29, 1.82) is 0 Å². The molecular weight excluding hydrogens is 350 g/mol. The number of hydrazone groups is 1. The number of aromatic hydroxyl groups is 1. The zero-order valence-corrected chi connectivity index (χ0v) is 14.0. The van der Waals surface area contributed by atoms with E-state index < -0.39 is 16.4 Å². The van der Waals surface area contributed by atoms with Crippen LogP contribution in [0.1, 0.15) is 11.1 Å². The zero-order chi connectivity index (χ0) is 19.0. The predicted octanol–water partition coefficient (Wildman–Crippen LogP) is 2.87. The van der Waals surface area contributed by atoms with Gasteiger partial charge in [0.1, 0.15) is 5.52 Å². The lowest BCUT2D eigenvalue weighted by atomic mass is 10.2. The van der Waals surface area contributed by atoms with Gasteiger partial charge in [0.25, 0.3) is 5.95 Å². The Morgan fingerprint density at radius 3 is 2.96 bits per heavy atom. The summed E-state index contributed by atoms with van der Waals surface area (Å²) in [6.07, 6.45) is 1.24. The average Bonchev–Trinajstić information content (AvgIpc) is 3.00. The molecule has 0 aliphatic rings. The Morgan fingerprint density at radius 2 is 2.15 bits per heavy atom. The maximum atomic E-state index is 10.8. The van der Waals surface area contributed by atoms with Gasteiger partial charge in [0.2, 0.25) is 5.75 Å². The van der Waals surface area contributed by atoms with Crippen LogP contribution in [0.5, 0.6) is 5.75 Å². The predicted molar refractivity (Wildman–Crippen MR) is 99.9 cm³/mol. The molecule has 4 aromatic rings. The lowest BCUT2D eigenvalue weighted by molar-refractivity contribution is -0.385. The highest BCUT2D eigenvalue weighted by Gasteiger charge is 2.15. The van der Waals surface area contributed by atoms with Gasteiger partial charge in [0.15, 0.2) is 5.65 Å². The topological polar surface area (TPSA) is 142 Å². The summed E-state index contributed by atoms with van der Waals surface area (Å²) in [5.74, 6) is -0.319. The van der Waals surface area contributed by atoms with Gasteiger partial charge >= 0.3 is 5.69 Å². The number of para-hydroxylation sites is 1. The molecule has 0 saturated heterocycles. The first kappa shape index (κ1) is 16.4. The highest BCUT2D eigenvalue weighted by Crippen LogP contribution is 2.28. The van der Waals surface area contributed by atoms with Crippen LogP contribution >= 0.6 is 0 Å². The van der Waals surface area contributed by atoms with Gasteiger partial charge in [-0.05, 0) is 25.1 Å². The van der Waals surface area contributed by atoms with Gasteiger partial charge in [-0.25, -0.2) is 5.43 Å². The van der Waals surface area contributed by atoms with E-state index in [1.165, 1.54) is 24.4 Å². The van der Waals surface area contributed by atoms with Crippen molar-refractivity contribution in [2.45, 2.75) is 6.92 Å². The van der Waals surface area contributed by atoms with E-state index in [0.717, 1.165) is 16.5 Å². The Hall–Kier alpha value is -4.08. The molecule has 2 aromatic carbocycles. The molecule has 2 aromatic heterocycles. The van der Waals surface area contributed by atoms with Crippen molar-refractivity contribution in [3.05, 3.63) is 57.6 Å². The normalized spacial score (nSPS) is 11.4. The largest absolute Gasteiger partial charge is 0.502 e. The highest BCUT2D eigenvalue weighted by molar-refractivity contribution is 6.03. The molecule has 0 aliphatic carbocycles. The number of nitro groups is 1. The van der Waals surface area contributed by atoms with Gasteiger partial charge in [-0.2, -0.15) is 10.1 Å². The van der Waals surface area contributed by atoms with Crippen molar-refractivity contribution in [3.63, 3.8) is 0 Å². The minimum absolute atomic E-state index is 0.145. The Morgan fingerprint density at radius 1 is 1.30 bits per heavy atom. The number of benzene rings is 2. The number of nitrogens with one attached hydrogen (secondary N) is 2. The van der Waals surface area contributed by atoms with Gasteiger partial charge in [-0.1, -0.05) is 17.7 Å². The Labute approximate surface area is 151 Å². The lowest BCUT2D eigenvalue weighted by Crippen LogP contribution is -1.99. The molecule has 0 bridgehead atoms. The van der Waals surface area contributed by atoms with Crippen LogP contribution in [0, 0.1) is 17.0 Å². The summed E-state index contributed by atoms with van der Waals surface area (Å²) in [7, 11) is 0. The first-order chi connectivity index (χ1) is 13.0. The number of aromatic nitrogens is 4. The second kappa shape index (κ2) is 6.33. The van der Waals surface area contributed by atoms with Crippen molar-refractivity contribution >= 4 is 39.9 Å². The maximum absolute atomic E-state index is 10.8. The van der Waals surface area contributed by atoms with Crippen molar-refractivity contribution in [3.8, 4) is 5.75 Å². The molecule has 10 nitrogen and oxygen atoms in total. The molecule has 134 valence electrons. The van der Waals surface area contributed by atoms with Crippen LogP contribution in [-0.2, 0) is 0 Å². The second-order valence-electron chi connectivity index (χ2n) is 5.85. The number of anilines is 1. The standard InChI is InChI=1S/C17H13N7O3/c1-9-5-6-12-11(7-9)14-16(19-12)20-17(23-21-14)22-18-8-10-3-2-4-13(15(10)25)24(26)27/h2-8,25H,1H3,(H2,19,20,22,23)/b18-8-. The Balaban J connectivity index is 1.61. The van der Waals surface area contributed by atoms with Crippen LogP contribution in [0.25, 0.3) is 22.1 Å². The van der Waals surface area contributed by atoms with Crippen molar-refractivity contribution in [2.75, 3.05) is 5.43 Å². The van der Waals surface area contributed by atoms with Gasteiger partial charge in [0, 0.05) is 22.5 Å². The number of fused-ring (bicyclic) bond motifs is 3. The van der Waals surface area contributed by atoms with E-state index in [9.17, 15) is 15.2 Å². The van der Waals surface area contributed by atoms with E-state index in [0.29, 0.717) is 11.2 Å². The molecule has 0 radical (unpaired) electrons. The highest BCUT2D eigenvalue weighted by atomic mass is 16.6. The third kappa shape index (κ3) is 2.99. The molecular formula is C17H13N7O3. The summed E-state index contributed by atoms with van der Waals surface area (Å²) in [4.78, 5) is 17.7. The molecule has 0 unspecified atom stereocenters. The van der Waals surface area contributed by atoms with Crippen LogP contribution in [0.3, 0.4) is 0 Å². The number of phenols is 1. The molecule has 4 rings (SSSR count). The van der Waals surface area contributed by atoms with Crippen molar-refractivity contribution in [1.82, 2.24) is 20.2 Å². The molecule has 0 fully saturated rings. The minimum atomic E-state index is -0.668. The van der Waals surface area contributed by atoms with Crippen LogP contribution in [0.15, 0.2) is 41.5 Å². The second-order valence-corrected chi connectivity index (χ2v) is 5.85. The fourth-order valence-electron chi connectivity index (χ4n) is 2.69. The summed E-state index contributed by atoms with van der Waals surface area (Å²) in [5, 5.41) is 33.7. The molecule has 0 saturated carbocycles. The average molecular weight is 363 g/mol. The SMILES string of the molecule is Cc1ccc2[nH]c3nc(N/N=C\c4cccc([N+](=O)[O-])c4O)nnc3c2c1. The zero-order valence-electron chi connectivity index (χ0n) is 14.0. The number of aryl methyl sites for hydroxylation is 1. The molecule has 10 heteroatoms. The van der Waals surface area contributed by atoms with E-state index in [-0.39, 0.29) is 11.5 Å². The summed E-state index contributed by atoms with van der Waals surface area (Å²) >= 11 is 0. The summed E-state index contributed by atoms with van der Waals surface area (Å²) in [6, 6.07) is 10.1. The van der Waals surface area contributed by atoms with E-state index in [1.54, 1.807) is 0 Å². The number of H-pyrrole nitrogens is 1. The number of hydrogen-bond donors (Lipinski definition) is 3. The third-order valence-electron chi connectivity index (χ3n) is 3.98. The maximum Gasteiger partial charge on any atom is 0.311 e. The number of hydrogen-bond acceptors (Lipinski definition) is 8. The Bertz CT molecular complexity index is 1220. The van der Waals surface area contributed by atoms with E-state index in [2.05, 4.69) is 30.7 Å². The van der Waals surface area contributed by atoms with Gasteiger partial charge in [-0.3, -0.25) is 10.1 Å². The lowest BCUT2D eigenvalue weighted by Gasteiger charge is -2.00. The number of phenolic OH excluding ortho intramolecular Hbond substituents is 1. The van der Waals surface area contributed by atoms with Crippen LogP contribution in [-0.4, -0.2) is 36.4 Å². The van der Waals surface area contributed by atoms with Gasteiger partial charge in [-0.15, -0.1) is 10.2 Å². The number of nitrogens with zero attached hydrogens (tertiary/aromatic N) is 5.